The van der Waals surface area contributed by atoms with Gasteiger partial charge in [-0.15, -0.1) is 5.10 Å². The van der Waals surface area contributed by atoms with Gasteiger partial charge in [0.05, 0.1) is 6.20 Å². The third-order valence-electron chi connectivity index (χ3n) is 4.49. The van der Waals surface area contributed by atoms with Gasteiger partial charge in [0.15, 0.2) is 11.6 Å². The third-order valence-corrected chi connectivity index (χ3v) is 4.49. The molecule has 142 valence electrons. The Morgan fingerprint density at radius 1 is 1.00 bits per heavy atom. The minimum Gasteiger partial charge on any atom is -0.339 e. The van der Waals surface area contributed by atoms with Gasteiger partial charge in [-0.25, -0.2) is 9.97 Å². The summed E-state index contributed by atoms with van der Waals surface area (Å²) in [6.45, 7) is 4.62. The van der Waals surface area contributed by atoms with Crippen LogP contribution in [0.5, 0.6) is 0 Å². The number of anilines is 4. The molecule has 1 saturated heterocycles. The maximum absolute atomic E-state index is 11.6. The normalized spacial score (nSPS) is 14.0. The Balaban J connectivity index is 1.43. The van der Waals surface area contributed by atoms with Gasteiger partial charge in [-0.05, 0) is 25.1 Å². The highest BCUT2D eigenvalue weighted by molar-refractivity contribution is 5.95. The van der Waals surface area contributed by atoms with Crippen molar-refractivity contribution in [3.05, 3.63) is 54.5 Å². The molecule has 3 heterocycles. The van der Waals surface area contributed by atoms with E-state index in [0.717, 1.165) is 37.8 Å². The smallest absolute Gasteiger partial charge is 0.247 e. The maximum atomic E-state index is 11.6. The Bertz CT molecular complexity index is 957. The van der Waals surface area contributed by atoms with Crippen molar-refractivity contribution in [3.8, 4) is 0 Å². The number of aromatic nitrogens is 5. The van der Waals surface area contributed by atoms with Crippen LogP contribution in [-0.4, -0.2) is 57.1 Å². The van der Waals surface area contributed by atoms with Crippen LogP contribution in [0.4, 0.5) is 23.4 Å². The van der Waals surface area contributed by atoms with Gasteiger partial charge in [-0.3, -0.25) is 4.79 Å². The number of Topliss-reactive ketones (excluding diaryl/α,β-unsaturated/α-hetero) is 1. The first-order chi connectivity index (χ1) is 13.7. The molecule has 9 heteroatoms. The van der Waals surface area contributed by atoms with Crippen LogP contribution in [0.3, 0.4) is 0 Å². The van der Waals surface area contributed by atoms with Crippen molar-refractivity contribution in [2.75, 3.05) is 41.3 Å². The van der Waals surface area contributed by atoms with E-state index < -0.39 is 0 Å². The molecule has 0 amide bonds. The molecule has 2 aromatic heterocycles. The molecule has 28 heavy (non-hydrogen) atoms. The molecule has 0 saturated carbocycles. The van der Waals surface area contributed by atoms with Crippen molar-refractivity contribution in [2.24, 2.45) is 0 Å². The van der Waals surface area contributed by atoms with Gasteiger partial charge in [0.2, 0.25) is 11.9 Å². The molecule has 9 nitrogen and oxygen atoms in total. The number of piperazine rings is 1. The second kappa shape index (κ2) is 7.95. The zero-order valence-electron chi connectivity index (χ0n) is 15.5. The minimum absolute atomic E-state index is 0.0189. The van der Waals surface area contributed by atoms with E-state index in [-0.39, 0.29) is 5.78 Å². The Labute approximate surface area is 162 Å². The Morgan fingerprint density at radius 2 is 1.71 bits per heavy atom. The zero-order chi connectivity index (χ0) is 19.3. The summed E-state index contributed by atoms with van der Waals surface area (Å²) in [6.07, 6.45) is 5.06. The van der Waals surface area contributed by atoms with Crippen LogP contribution in [-0.2, 0) is 0 Å². The predicted octanol–water partition coefficient (Wildman–Crippen LogP) is 1.93. The largest absolute Gasteiger partial charge is 0.339 e. The second-order valence-corrected chi connectivity index (χ2v) is 6.43. The van der Waals surface area contributed by atoms with Crippen molar-refractivity contribution >= 4 is 29.2 Å². The highest BCUT2D eigenvalue weighted by Gasteiger charge is 2.21. The summed E-state index contributed by atoms with van der Waals surface area (Å²) in [5.74, 6) is 1.91. The second-order valence-electron chi connectivity index (χ2n) is 6.43. The third kappa shape index (κ3) is 4.03. The first-order valence-corrected chi connectivity index (χ1v) is 9.04. The number of carbonyl (C=O) groups excluding carboxylic acids is 1. The molecule has 0 unspecified atom stereocenters. The number of hydrogen-bond acceptors (Lipinski definition) is 9. The number of benzene rings is 1. The van der Waals surface area contributed by atoms with Gasteiger partial charge in [0.25, 0.3) is 0 Å². The topological polar surface area (TPSA) is 100 Å². The average molecular weight is 376 g/mol. The van der Waals surface area contributed by atoms with Gasteiger partial charge < -0.3 is 15.1 Å². The van der Waals surface area contributed by atoms with Gasteiger partial charge in [-0.1, -0.05) is 12.1 Å². The average Bonchev–Trinajstić information content (AvgIpc) is 2.75. The van der Waals surface area contributed by atoms with E-state index >= 15 is 0 Å². The summed E-state index contributed by atoms with van der Waals surface area (Å²) >= 11 is 0. The van der Waals surface area contributed by atoms with E-state index in [1.807, 2.05) is 18.2 Å². The van der Waals surface area contributed by atoms with Gasteiger partial charge in [0.1, 0.15) is 0 Å². The summed E-state index contributed by atoms with van der Waals surface area (Å²) in [5.41, 5.74) is 1.43. The molecular formula is C19H20N8O. The number of carbonyl (C=O) groups is 1. The van der Waals surface area contributed by atoms with Gasteiger partial charge >= 0.3 is 0 Å². The molecule has 0 spiro atoms. The fraction of sp³-hybridized carbons (Fsp3) is 0.263. The highest BCUT2D eigenvalue weighted by Crippen LogP contribution is 2.19. The molecule has 1 N–H and O–H groups in total. The summed E-state index contributed by atoms with van der Waals surface area (Å²) in [4.78, 5) is 28.9. The quantitative estimate of drug-likeness (QED) is 0.669. The summed E-state index contributed by atoms with van der Waals surface area (Å²) in [5, 5.41) is 11.4. The molecule has 0 atom stereocenters. The van der Waals surface area contributed by atoms with Crippen LogP contribution in [0.1, 0.15) is 17.3 Å². The number of rotatable bonds is 5. The fourth-order valence-corrected chi connectivity index (χ4v) is 3.01. The summed E-state index contributed by atoms with van der Waals surface area (Å²) in [7, 11) is 0. The van der Waals surface area contributed by atoms with Crippen LogP contribution in [0.25, 0.3) is 0 Å². The van der Waals surface area contributed by atoms with E-state index in [0.29, 0.717) is 17.3 Å². The van der Waals surface area contributed by atoms with Crippen molar-refractivity contribution in [1.29, 1.82) is 0 Å². The molecule has 1 aliphatic rings. The first kappa shape index (κ1) is 17.8. The Morgan fingerprint density at radius 3 is 2.43 bits per heavy atom. The van der Waals surface area contributed by atoms with Gasteiger partial charge in [0, 0.05) is 49.8 Å². The van der Waals surface area contributed by atoms with Crippen LogP contribution >= 0.6 is 0 Å². The molecule has 0 aliphatic carbocycles. The number of nitrogens with one attached hydrogen (secondary N) is 1. The summed E-state index contributed by atoms with van der Waals surface area (Å²) < 4.78 is 0. The Kier molecular flexibility index (Phi) is 5.05. The maximum Gasteiger partial charge on any atom is 0.247 e. The monoisotopic (exact) mass is 376 g/mol. The Hall–Kier alpha value is -3.62. The van der Waals surface area contributed by atoms with Crippen LogP contribution in [0, 0.1) is 0 Å². The predicted molar refractivity (Wildman–Crippen MR) is 106 cm³/mol. The van der Waals surface area contributed by atoms with Crippen LogP contribution < -0.4 is 15.1 Å². The van der Waals surface area contributed by atoms with Crippen molar-refractivity contribution < 1.29 is 4.79 Å². The molecule has 0 radical (unpaired) electrons. The van der Waals surface area contributed by atoms with Crippen molar-refractivity contribution in [1.82, 2.24) is 25.1 Å². The molecule has 1 aromatic carbocycles. The molecule has 1 fully saturated rings. The molecular weight excluding hydrogens is 356 g/mol. The van der Waals surface area contributed by atoms with E-state index in [9.17, 15) is 4.79 Å². The lowest BCUT2D eigenvalue weighted by Crippen LogP contribution is -2.47. The standard InChI is InChI=1S/C19H20N8O/c1-14(28)15-4-2-5-16(12-15)23-17-13-22-25-19(24-17)27-10-8-26(9-11-27)18-20-6-3-7-21-18/h2-7,12-13H,8-11H2,1H3,(H,23,24,25). The fourth-order valence-electron chi connectivity index (χ4n) is 3.01. The minimum atomic E-state index is 0.0189. The highest BCUT2D eigenvalue weighted by atomic mass is 16.1. The summed E-state index contributed by atoms with van der Waals surface area (Å²) in [6, 6.07) is 9.10. The molecule has 1 aliphatic heterocycles. The lowest BCUT2D eigenvalue weighted by molar-refractivity contribution is 0.101. The zero-order valence-corrected chi connectivity index (χ0v) is 15.5. The first-order valence-electron chi connectivity index (χ1n) is 9.04. The van der Waals surface area contributed by atoms with Crippen LogP contribution in [0.2, 0.25) is 0 Å². The number of nitrogens with zero attached hydrogens (tertiary/aromatic N) is 7. The van der Waals surface area contributed by atoms with E-state index in [1.165, 1.54) is 0 Å². The van der Waals surface area contributed by atoms with Crippen molar-refractivity contribution in [2.45, 2.75) is 6.92 Å². The lowest BCUT2D eigenvalue weighted by Gasteiger charge is -2.34. The lowest BCUT2D eigenvalue weighted by atomic mass is 10.1. The molecule has 3 aromatic rings. The number of ketones is 1. The SMILES string of the molecule is CC(=O)c1cccc(Nc2cnnc(N3CCN(c4ncccn4)CC3)n2)c1. The van der Waals surface area contributed by atoms with Crippen molar-refractivity contribution in [3.63, 3.8) is 0 Å². The van der Waals surface area contributed by atoms with E-state index in [2.05, 4.69) is 40.3 Å². The van der Waals surface area contributed by atoms with Crippen LogP contribution in [0.15, 0.2) is 48.9 Å². The van der Waals surface area contributed by atoms with E-state index in [4.69, 9.17) is 0 Å². The molecule has 4 rings (SSSR count). The molecule has 0 bridgehead atoms. The van der Waals surface area contributed by atoms with Gasteiger partial charge in [-0.2, -0.15) is 10.1 Å². The number of hydrogen-bond donors (Lipinski definition) is 1. The van der Waals surface area contributed by atoms with E-state index in [1.54, 1.807) is 37.6 Å².